The number of halogens is 1. The van der Waals surface area contributed by atoms with Gasteiger partial charge in [-0.3, -0.25) is 0 Å². The van der Waals surface area contributed by atoms with Gasteiger partial charge in [-0.25, -0.2) is 4.39 Å². The molecule has 20 heavy (non-hydrogen) atoms. The monoisotopic (exact) mass is 279 g/mol. The molecule has 1 aliphatic rings. The summed E-state index contributed by atoms with van der Waals surface area (Å²) in [5, 5.41) is 0. The molecule has 0 spiro atoms. The first-order chi connectivity index (χ1) is 9.58. The molecule has 1 saturated carbocycles. The molecule has 0 aromatic heterocycles. The predicted octanol–water partition coefficient (Wildman–Crippen LogP) is 4.06. The van der Waals surface area contributed by atoms with E-state index in [2.05, 4.69) is 6.92 Å². The van der Waals surface area contributed by atoms with Crippen LogP contribution in [0.4, 0.5) is 4.39 Å². The SMILES string of the molecule is CCC(N)Cc1ccc(OC2CCCC(C)C2)c(F)c1. The minimum atomic E-state index is -0.260. The van der Waals surface area contributed by atoms with Crippen LogP contribution in [-0.4, -0.2) is 12.1 Å². The Kier molecular flexibility index (Phi) is 5.41. The Morgan fingerprint density at radius 1 is 1.40 bits per heavy atom. The summed E-state index contributed by atoms with van der Waals surface area (Å²) in [5.74, 6) is 0.806. The molecule has 0 bridgehead atoms. The highest BCUT2D eigenvalue weighted by atomic mass is 19.1. The van der Waals surface area contributed by atoms with Crippen LogP contribution in [-0.2, 0) is 6.42 Å². The fourth-order valence-electron chi connectivity index (χ4n) is 2.88. The van der Waals surface area contributed by atoms with Crippen LogP contribution in [0.5, 0.6) is 5.75 Å². The lowest BCUT2D eigenvalue weighted by atomic mass is 9.89. The van der Waals surface area contributed by atoms with Crippen molar-refractivity contribution in [3.8, 4) is 5.75 Å². The molecular weight excluding hydrogens is 253 g/mol. The van der Waals surface area contributed by atoms with Gasteiger partial charge in [0.2, 0.25) is 0 Å². The first-order valence-corrected chi connectivity index (χ1v) is 7.79. The van der Waals surface area contributed by atoms with Crippen molar-refractivity contribution >= 4 is 0 Å². The minimum absolute atomic E-state index is 0.0976. The van der Waals surface area contributed by atoms with Crippen LogP contribution in [0.15, 0.2) is 18.2 Å². The van der Waals surface area contributed by atoms with Gasteiger partial charge in [-0.15, -0.1) is 0 Å². The van der Waals surface area contributed by atoms with Gasteiger partial charge >= 0.3 is 0 Å². The fourth-order valence-corrected chi connectivity index (χ4v) is 2.88. The second-order valence-electron chi connectivity index (χ2n) is 6.15. The van der Waals surface area contributed by atoms with Gasteiger partial charge in [0.25, 0.3) is 0 Å². The number of nitrogens with two attached hydrogens (primary N) is 1. The van der Waals surface area contributed by atoms with Gasteiger partial charge in [0.05, 0.1) is 6.10 Å². The summed E-state index contributed by atoms with van der Waals surface area (Å²) >= 11 is 0. The summed E-state index contributed by atoms with van der Waals surface area (Å²) in [4.78, 5) is 0. The van der Waals surface area contributed by atoms with Crippen LogP contribution in [0.1, 0.15) is 51.5 Å². The van der Waals surface area contributed by atoms with Gasteiger partial charge in [-0.1, -0.05) is 26.3 Å². The van der Waals surface area contributed by atoms with Crippen molar-refractivity contribution in [3.05, 3.63) is 29.6 Å². The Bertz CT molecular complexity index is 435. The summed E-state index contributed by atoms with van der Waals surface area (Å²) in [5.41, 5.74) is 6.85. The topological polar surface area (TPSA) is 35.2 Å². The number of benzene rings is 1. The molecule has 1 aromatic rings. The molecule has 0 saturated heterocycles. The summed E-state index contributed by atoms with van der Waals surface area (Å²) in [6.45, 7) is 4.28. The number of ether oxygens (including phenoxy) is 1. The van der Waals surface area contributed by atoms with E-state index in [0.29, 0.717) is 18.1 Å². The van der Waals surface area contributed by atoms with Gasteiger partial charge in [0.1, 0.15) is 0 Å². The highest BCUT2D eigenvalue weighted by molar-refractivity contribution is 5.30. The van der Waals surface area contributed by atoms with Crippen LogP contribution in [0.25, 0.3) is 0 Å². The van der Waals surface area contributed by atoms with Crippen molar-refractivity contribution in [1.29, 1.82) is 0 Å². The van der Waals surface area contributed by atoms with Crippen molar-refractivity contribution in [2.45, 2.75) is 64.5 Å². The molecule has 1 aromatic carbocycles. The average Bonchev–Trinajstić information content (AvgIpc) is 2.42. The van der Waals surface area contributed by atoms with Crippen molar-refractivity contribution in [2.24, 2.45) is 11.7 Å². The largest absolute Gasteiger partial charge is 0.487 e. The molecule has 3 atom stereocenters. The highest BCUT2D eigenvalue weighted by Crippen LogP contribution is 2.29. The lowest BCUT2D eigenvalue weighted by Gasteiger charge is -2.27. The minimum Gasteiger partial charge on any atom is -0.487 e. The summed E-state index contributed by atoms with van der Waals surface area (Å²) in [6, 6.07) is 5.35. The first-order valence-electron chi connectivity index (χ1n) is 7.79. The van der Waals surface area contributed by atoms with E-state index >= 15 is 0 Å². The van der Waals surface area contributed by atoms with E-state index in [1.54, 1.807) is 12.1 Å². The van der Waals surface area contributed by atoms with Gasteiger partial charge in [-0.05, 0) is 55.7 Å². The van der Waals surface area contributed by atoms with Crippen LogP contribution >= 0.6 is 0 Å². The molecule has 2 rings (SSSR count). The molecule has 0 aliphatic heterocycles. The molecule has 1 fully saturated rings. The van der Waals surface area contributed by atoms with Gasteiger partial charge < -0.3 is 10.5 Å². The zero-order chi connectivity index (χ0) is 14.5. The van der Waals surface area contributed by atoms with Gasteiger partial charge in [0.15, 0.2) is 11.6 Å². The van der Waals surface area contributed by atoms with Crippen molar-refractivity contribution in [2.75, 3.05) is 0 Å². The third-order valence-corrected chi connectivity index (χ3v) is 4.20. The van der Waals surface area contributed by atoms with Crippen LogP contribution in [0.2, 0.25) is 0 Å². The van der Waals surface area contributed by atoms with E-state index in [0.717, 1.165) is 24.8 Å². The van der Waals surface area contributed by atoms with Crippen LogP contribution < -0.4 is 10.5 Å². The van der Waals surface area contributed by atoms with E-state index in [9.17, 15) is 4.39 Å². The Labute approximate surface area is 121 Å². The molecule has 2 N–H and O–H groups in total. The summed E-state index contributed by atoms with van der Waals surface area (Å²) in [6.07, 6.45) is 6.28. The highest BCUT2D eigenvalue weighted by Gasteiger charge is 2.21. The van der Waals surface area contributed by atoms with E-state index in [1.165, 1.54) is 12.8 Å². The lowest BCUT2D eigenvalue weighted by Crippen LogP contribution is -2.24. The molecule has 0 radical (unpaired) electrons. The fraction of sp³-hybridized carbons (Fsp3) is 0.647. The van der Waals surface area contributed by atoms with Crippen molar-refractivity contribution in [1.82, 2.24) is 0 Å². The quantitative estimate of drug-likeness (QED) is 0.882. The zero-order valence-corrected chi connectivity index (χ0v) is 12.6. The Morgan fingerprint density at radius 3 is 2.85 bits per heavy atom. The first kappa shape index (κ1) is 15.3. The third kappa shape index (κ3) is 4.20. The van der Waals surface area contributed by atoms with Crippen molar-refractivity contribution in [3.63, 3.8) is 0 Å². The molecule has 2 nitrogen and oxygen atoms in total. The number of hydrogen-bond acceptors (Lipinski definition) is 2. The van der Waals surface area contributed by atoms with E-state index in [1.807, 2.05) is 13.0 Å². The second-order valence-corrected chi connectivity index (χ2v) is 6.15. The maximum atomic E-state index is 14.1. The van der Waals surface area contributed by atoms with Gasteiger partial charge in [-0.2, -0.15) is 0 Å². The molecule has 112 valence electrons. The maximum Gasteiger partial charge on any atom is 0.165 e. The molecule has 3 unspecified atom stereocenters. The number of hydrogen-bond donors (Lipinski definition) is 1. The second kappa shape index (κ2) is 7.07. The predicted molar refractivity (Wildman–Crippen MR) is 80.4 cm³/mol. The molecule has 0 amide bonds. The molecule has 3 heteroatoms. The van der Waals surface area contributed by atoms with E-state index in [4.69, 9.17) is 10.5 Å². The third-order valence-electron chi connectivity index (χ3n) is 4.20. The van der Waals surface area contributed by atoms with E-state index in [-0.39, 0.29) is 18.0 Å². The van der Waals surface area contributed by atoms with Crippen LogP contribution in [0, 0.1) is 11.7 Å². The number of rotatable bonds is 5. The maximum absolute atomic E-state index is 14.1. The van der Waals surface area contributed by atoms with Gasteiger partial charge in [0, 0.05) is 6.04 Å². The van der Waals surface area contributed by atoms with Crippen molar-refractivity contribution < 1.29 is 9.13 Å². The zero-order valence-electron chi connectivity index (χ0n) is 12.6. The molecule has 1 aliphatic carbocycles. The Hall–Kier alpha value is -1.09. The Morgan fingerprint density at radius 2 is 2.20 bits per heavy atom. The lowest BCUT2D eigenvalue weighted by molar-refractivity contribution is 0.124. The average molecular weight is 279 g/mol. The van der Waals surface area contributed by atoms with E-state index < -0.39 is 0 Å². The van der Waals surface area contributed by atoms with Crippen LogP contribution in [0.3, 0.4) is 0 Å². The normalized spacial score (nSPS) is 24.4. The standard InChI is InChI=1S/C17H26FNO/c1-3-14(19)10-13-7-8-17(16(18)11-13)20-15-6-4-5-12(2)9-15/h7-8,11-12,14-15H,3-6,9-10,19H2,1-2H3. The Balaban J connectivity index is 1.98. The molecular formula is C17H26FNO. The molecule has 0 heterocycles. The smallest absolute Gasteiger partial charge is 0.165 e. The summed E-state index contributed by atoms with van der Waals surface area (Å²) < 4.78 is 19.9. The summed E-state index contributed by atoms with van der Waals surface area (Å²) in [7, 11) is 0.